The molecule has 2 aromatic rings. The predicted octanol–water partition coefficient (Wildman–Crippen LogP) is 2.39. The fraction of sp³-hybridized carbons (Fsp3) is 0.154. The van der Waals surface area contributed by atoms with E-state index >= 15 is 0 Å². The van der Waals surface area contributed by atoms with E-state index in [0.717, 1.165) is 11.1 Å². The first kappa shape index (κ1) is 11.2. The predicted molar refractivity (Wildman–Crippen MR) is 60.7 cm³/mol. The SMILES string of the molecule is Cc1ccc(Cc2ncnc(C#N)c2F)cc1. The summed E-state index contributed by atoms with van der Waals surface area (Å²) < 4.78 is 13.7. The molecule has 0 aliphatic heterocycles. The monoisotopic (exact) mass is 227 g/mol. The van der Waals surface area contributed by atoms with Crippen LogP contribution in [0.3, 0.4) is 0 Å². The zero-order valence-corrected chi connectivity index (χ0v) is 9.31. The molecule has 0 unspecified atom stereocenters. The zero-order valence-electron chi connectivity index (χ0n) is 9.31. The highest BCUT2D eigenvalue weighted by molar-refractivity contribution is 5.29. The van der Waals surface area contributed by atoms with Gasteiger partial charge in [0.25, 0.3) is 0 Å². The van der Waals surface area contributed by atoms with Crippen molar-refractivity contribution in [2.75, 3.05) is 0 Å². The first-order valence-electron chi connectivity index (χ1n) is 5.15. The molecule has 0 saturated carbocycles. The number of nitriles is 1. The Morgan fingerprint density at radius 3 is 2.59 bits per heavy atom. The largest absolute Gasteiger partial charge is 0.238 e. The minimum atomic E-state index is -0.629. The molecule has 0 fully saturated rings. The van der Waals surface area contributed by atoms with Crippen LogP contribution in [0.5, 0.6) is 0 Å². The first-order valence-corrected chi connectivity index (χ1v) is 5.15. The number of hydrogen-bond donors (Lipinski definition) is 0. The lowest BCUT2D eigenvalue weighted by molar-refractivity contribution is 0.590. The average molecular weight is 227 g/mol. The molecule has 3 nitrogen and oxygen atoms in total. The fourth-order valence-corrected chi connectivity index (χ4v) is 1.51. The van der Waals surface area contributed by atoms with Crippen molar-refractivity contribution in [2.24, 2.45) is 0 Å². The molecule has 1 heterocycles. The van der Waals surface area contributed by atoms with Crippen LogP contribution in [0.2, 0.25) is 0 Å². The van der Waals surface area contributed by atoms with Gasteiger partial charge in [-0.3, -0.25) is 0 Å². The Kier molecular flexibility index (Phi) is 3.10. The third kappa shape index (κ3) is 2.45. The molecular weight excluding hydrogens is 217 g/mol. The van der Waals surface area contributed by atoms with Crippen molar-refractivity contribution < 1.29 is 4.39 Å². The second kappa shape index (κ2) is 4.71. The van der Waals surface area contributed by atoms with Crippen molar-refractivity contribution in [3.05, 3.63) is 58.9 Å². The van der Waals surface area contributed by atoms with Crippen LogP contribution in [0.15, 0.2) is 30.6 Å². The molecule has 0 radical (unpaired) electrons. The van der Waals surface area contributed by atoms with Crippen LogP contribution in [-0.2, 0) is 6.42 Å². The molecule has 0 aliphatic carbocycles. The number of nitrogens with zero attached hydrogens (tertiary/aromatic N) is 3. The minimum Gasteiger partial charge on any atom is -0.238 e. The highest BCUT2D eigenvalue weighted by atomic mass is 19.1. The van der Waals surface area contributed by atoms with E-state index < -0.39 is 5.82 Å². The van der Waals surface area contributed by atoms with Gasteiger partial charge in [-0.2, -0.15) is 5.26 Å². The van der Waals surface area contributed by atoms with Crippen molar-refractivity contribution in [1.29, 1.82) is 5.26 Å². The summed E-state index contributed by atoms with van der Waals surface area (Å²) in [6.45, 7) is 1.99. The van der Waals surface area contributed by atoms with Gasteiger partial charge in [-0.15, -0.1) is 0 Å². The molecule has 1 aromatic carbocycles. The second-order valence-corrected chi connectivity index (χ2v) is 3.76. The van der Waals surface area contributed by atoms with Gasteiger partial charge in [0, 0.05) is 6.42 Å². The Balaban J connectivity index is 2.31. The van der Waals surface area contributed by atoms with Gasteiger partial charge in [-0.1, -0.05) is 29.8 Å². The Hall–Kier alpha value is -2.28. The third-order valence-electron chi connectivity index (χ3n) is 2.46. The highest BCUT2D eigenvalue weighted by Gasteiger charge is 2.10. The molecule has 0 atom stereocenters. The van der Waals surface area contributed by atoms with E-state index in [-0.39, 0.29) is 11.4 Å². The number of rotatable bonds is 2. The summed E-state index contributed by atoms with van der Waals surface area (Å²) in [5.74, 6) is -0.629. The molecule has 2 rings (SSSR count). The summed E-state index contributed by atoms with van der Waals surface area (Å²) in [5.41, 5.74) is 2.15. The van der Waals surface area contributed by atoms with Crippen LogP contribution in [0.4, 0.5) is 4.39 Å². The Morgan fingerprint density at radius 2 is 1.94 bits per heavy atom. The Labute approximate surface area is 98.6 Å². The summed E-state index contributed by atoms with van der Waals surface area (Å²) in [4.78, 5) is 7.43. The van der Waals surface area contributed by atoms with Crippen molar-refractivity contribution in [3.8, 4) is 6.07 Å². The molecular formula is C13H10FN3. The molecule has 0 aliphatic rings. The molecule has 0 spiro atoms. The number of halogens is 1. The van der Waals surface area contributed by atoms with E-state index in [1.807, 2.05) is 31.2 Å². The van der Waals surface area contributed by atoms with Crippen LogP contribution in [0.1, 0.15) is 22.5 Å². The standard InChI is InChI=1S/C13H10FN3/c1-9-2-4-10(5-3-9)6-11-13(14)12(7-15)17-8-16-11/h2-5,8H,6H2,1H3. The number of benzene rings is 1. The number of aromatic nitrogens is 2. The summed E-state index contributed by atoms with van der Waals surface area (Å²) in [7, 11) is 0. The summed E-state index contributed by atoms with van der Waals surface area (Å²) in [6.07, 6.45) is 1.58. The average Bonchev–Trinajstić information content (AvgIpc) is 2.35. The molecule has 4 heteroatoms. The normalized spacial score (nSPS) is 9.94. The topological polar surface area (TPSA) is 49.6 Å². The molecule has 17 heavy (non-hydrogen) atoms. The number of aryl methyl sites for hydroxylation is 1. The summed E-state index contributed by atoms with van der Waals surface area (Å²) in [5, 5.41) is 8.67. The van der Waals surface area contributed by atoms with Crippen LogP contribution in [0, 0.1) is 24.1 Å². The van der Waals surface area contributed by atoms with Crippen LogP contribution in [-0.4, -0.2) is 9.97 Å². The van der Waals surface area contributed by atoms with E-state index in [2.05, 4.69) is 9.97 Å². The van der Waals surface area contributed by atoms with Gasteiger partial charge in [0.1, 0.15) is 12.4 Å². The highest BCUT2D eigenvalue weighted by Crippen LogP contribution is 2.13. The lowest BCUT2D eigenvalue weighted by atomic mass is 10.1. The maximum Gasteiger partial charge on any atom is 0.181 e. The third-order valence-corrected chi connectivity index (χ3v) is 2.46. The van der Waals surface area contributed by atoms with E-state index in [4.69, 9.17) is 5.26 Å². The molecule has 0 saturated heterocycles. The van der Waals surface area contributed by atoms with E-state index in [1.54, 1.807) is 6.07 Å². The Morgan fingerprint density at radius 1 is 1.24 bits per heavy atom. The van der Waals surface area contributed by atoms with Gasteiger partial charge in [0.15, 0.2) is 11.5 Å². The molecule has 0 N–H and O–H groups in total. The minimum absolute atomic E-state index is 0.206. The maximum atomic E-state index is 13.7. The van der Waals surface area contributed by atoms with Gasteiger partial charge in [-0.05, 0) is 12.5 Å². The smallest absolute Gasteiger partial charge is 0.181 e. The second-order valence-electron chi connectivity index (χ2n) is 3.76. The maximum absolute atomic E-state index is 13.7. The molecule has 0 amide bonds. The summed E-state index contributed by atoms with van der Waals surface area (Å²) in [6, 6.07) is 9.46. The molecule has 84 valence electrons. The van der Waals surface area contributed by atoms with Gasteiger partial charge in [0.05, 0.1) is 5.69 Å². The number of hydrogen-bond acceptors (Lipinski definition) is 3. The van der Waals surface area contributed by atoms with Crippen LogP contribution in [0.25, 0.3) is 0 Å². The van der Waals surface area contributed by atoms with Crippen molar-refractivity contribution in [2.45, 2.75) is 13.3 Å². The van der Waals surface area contributed by atoms with Gasteiger partial charge in [-0.25, -0.2) is 14.4 Å². The van der Waals surface area contributed by atoms with E-state index in [1.165, 1.54) is 6.33 Å². The van der Waals surface area contributed by atoms with Gasteiger partial charge >= 0.3 is 0 Å². The van der Waals surface area contributed by atoms with E-state index in [0.29, 0.717) is 6.42 Å². The molecule has 0 bridgehead atoms. The van der Waals surface area contributed by atoms with E-state index in [9.17, 15) is 4.39 Å². The van der Waals surface area contributed by atoms with Crippen molar-refractivity contribution in [1.82, 2.24) is 9.97 Å². The Bertz CT molecular complexity index is 570. The fourth-order valence-electron chi connectivity index (χ4n) is 1.51. The molecule has 1 aromatic heterocycles. The van der Waals surface area contributed by atoms with Crippen LogP contribution < -0.4 is 0 Å². The lowest BCUT2D eigenvalue weighted by Crippen LogP contribution is -2.01. The first-order chi connectivity index (χ1) is 8.20. The van der Waals surface area contributed by atoms with Crippen molar-refractivity contribution >= 4 is 0 Å². The zero-order chi connectivity index (χ0) is 12.3. The van der Waals surface area contributed by atoms with Gasteiger partial charge < -0.3 is 0 Å². The van der Waals surface area contributed by atoms with Gasteiger partial charge in [0.2, 0.25) is 0 Å². The lowest BCUT2D eigenvalue weighted by Gasteiger charge is -2.03. The quantitative estimate of drug-likeness (QED) is 0.791. The van der Waals surface area contributed by atoms with Crippen molar-refractivity contribution in [3.63, 3.8) is 0 Å². The van der Waals surface area contributed by atoms with Crippen LogP contribution >= 0.6 is 0 Å². The summed E-state index contributed by atoms with van der Waals surface area (Å²) >= 11 is 0.